The zero-order valence-corrected chi connectivity index (χ0v) is 9.50. The summed E-state index contributed by atoms with van der Waals surface area (Å²) in [6, 6.07) is 9.91. The molecule has 7 heteroatoms. The minimum Gasteiger partial charge on any atom is -0.402 e. The van der Waals surface area contributed by atoms with E-state index in [1.54, 1.807) is 24.3 Å². The molecule has 0 radical (unpaired) electrons. The molecule has 2 aromatic carbocycles. The maximum atomic E-state index is 11.1. The maximum Gasteiger partial charge on any atom is 0.555 e. The molecule has 0 saturated heterocycles. The Morgan fingerprint density at radius 3 is 2.41 bits per heavy atom. The molecule has 17 heavy (non-hydrogen) atoms. The summed E-state index contributed by atoms with van der Waals surface area (Å²) >= 11 is 0. The van der Waals surface area contributed by atoms with Crippen molar-refractivity contribution in [3.05, 3.63) is 36.4 Å². The number of hydrogen-bond acceptors (Lipinski definition) is 5. The number of phosphoric ester groups is 1. The first-order valence-electron chi connectivity index (χ1n) is 4.66. The predicted octanol–water partition coefficient (Wildman–Crippen LogP) is 2.39. The zero-order valence-electron chi connectivity index (χ0n) is 8.61. The highest BCUT2D eigenvalue weighted by atomic mass is 31.2. The molecule has 0 bridgehead atoms. The van der Waals surface area contributed by atoms with Gasteiger partial charge in [0.1, 0.15) is 5.75 Å². The van der Waals surface area contributed by atoms with Crippen LogP contribution in [0.15, 0.2) is 36.4 Å². The number of benzene rings is 2. The van der Waals surface area contributed by atoms with Gasteiger partial charge in [0.05, 0.1) is 0 Å². The van der Waals surface area contributed by atoms with Crippen molar-refractivity contribution in [3.63, 3.8) is 0 Å². The molecule has 1 atom stereocenters. The Balaban J connectivity index is 2.56. The van der Waals surface area contributed by atoms with Crippen molar-refractivity contribution in [2.45, 2.75) is 0 Å². The standard InChI is InChI=1S/C10H10NO5P/c11-9-5-6-10(15-17(13,14)16-12)8-4-2-1-3-7(8)9/h1-6,12H,11H2,(H,13,14). The monoisotopic (exact) mass is 255 g/mol. The molecular formula is C10H10NO5P. The lowest BCUT2D eigenvalue weighted by Gasteiger charge is -2.12. The molecule has 0 aromatic heterocycles. The molecule has 1 unspecified atom stereocenters. The topological polar surface area (TPSA) is 102 Å². The van der Waals surface area contributed by atoms with Gasteiger partial charge in [0.2, 0.25) is 0 Å². The molecule has 90 valence electrons. The van der Waals surface area contributed by atoms with E-state index in [1.165, 1.54) is 12.1 Å². The van der Waals surface area contributed by atoms with Gasteiger partial charge in [-0.2, -0.15) is 0 Å². The fraction of sp³-hybridized carbons (Fsp3) is 0. The Morgan fingerprint density at radius 1 is 1.12 bits per heavy atom. The van der Waals surface area contributed by atoms with Crippen LogP contribution < -0.4 is 10.3 Å². The molecule has 0 heterocycles. The molecule has 0 amide bonds. The summed E-state index contributed by atoms with van der Waals surface area (Å²) in [6.07, 6.45) is 0. The van der Waals surface area contributed by atoms with Gasteiger partial charge in [0, 0.05) is 16.5 Å². The first-order valence-corrected chi connectivity index (χ1v) is 6.16. The van der Waals surface area contributed by atoms with Crippen LogP contribution in [0.5, 0.6) is 5.75 Å². The Bertz CT molecular complexity index is 600. The van der Waals surface area contributed by atoms with E-state index in [-0.39, 0.29) is 5.75 Å². The van der Waals surface area contributed by atoms with Gasteiger partial charge >= 0.3 is 7.82 Å². The third kappa shape index (κ3) is 2.40. The van der Waals surface area contributed by atoms with E-state index < -0.39 is 7.82 Å². The minimum atomic E-state index is -4.50. The molecule has 0 fully saturated rings. The van der Waals surface area contributed by atoms with Gasteiger partial charge in [-0.25, -0.2) is 9.82 Å². The number of hydrogen-bond donors (Lipinski definition) is 3. The molecule has 2 aromatic rings. The van der Waals surface area contributed by atoms with E-state index in [4.69, 9.17) is 20.4 Å². The Hall–Kier alpha value is -1.59. The smallest absolute Gasteiger partial charge is 0.402 e. The summed E-state index contributed by atoms with van der Waals surface area (Å²) in [7, 11) is -4.50. The van der Waals surface area contributed by atoms with Crippen LogP contribution in [0.4, 0.5) is 5.69 Å². The quantitative estimate of drug-likeness (QED) is 0.337. The summed E-state index contributed by atoms with van der Waals surface area (Å²) < 4.78 is 19.2. The van der Waals surface area contributed by atoms with Gasteiger partial charge in [-0.3, -0.25) is 4.89 Å². The lowest BCUT2D eigenvalue weighted by atomic mass is 10.1. The van der Waals surface area contributed by atoms with Crippen LogP contribution in [-0.4, -0.2) is 10.2 Å². The summed E-state index contributed by atoms with van der Waals surface area (Å²) in [5.41, 5.74) is 6.27. The lowest BCUT2D eigenvalue weighted by Crippen LogP contribution is -1.96. The SMILES string of the molecule is Nc1ccc(OP(=O)(O)OO)c2ccccc12. The Kier molecular flexibility index (Phi) is 3.04. The van der Waals surface area contributed by atoms with Gasteiger partial charge in [-0.05, 0) is 12.1 Å². The summed E-state index contributed by atoms with van der Waals surface area (Å²) in [4.78, 5) is 9.04. The predicted molar refractivity (Wildman–Crippen MR) is 62.5 cm³/mol. The van der Waals surface area contributed by atoms with Crippen molar-refractivity contribution in [1.82, 2.24) is 0 Å². The van der Waals surface area contributed by atoms with E-state index in [2.05, 4.69) is 4.67 Å². The fourth-order valence-corrected chi connectivity index (χ4v) is 1.96. The van der Waals surface area contributed by atoms with Gasteiger partial charge in [0.15, 0.2) is 0 Å². The van der Waals surface area contributed by atoms with Crippen LogP contribution in [0, 0.1) is 0 Å². The minimum absolute atomic E-state index is 0.106. The number of anilines is 1. The lowest BCUT2D eigenvalue weighted by molar-refractivity contribution is -0.156. The van der Waals surface area contributed by atoms with E-state index in [1.807, 2.05) is 0 Å². The van der Waals surface area contributed by atoms with Crippen LogP contribution in [-0.2, 0) is 9.24 Å². The number of fused-ring (bicyclic) bond motifs is 1. The molecule has 0 aliphatic carbocycles. The van der Waals surface area contributed by atoms with Gasteiger partial charge < -0.3 is 10.3 Å². The van der Waals surface area contributed by atoms with Crippen LogP contribution in [0.25, 0.3) is 10.8 Å². The summed E-state index contributed by atoms with van der Waals surface area (Å²) in [5.74, 6) is 0.106. The summed E-state index contributed by atoms with van der Waals surface area (Å²) in [6.45, 7) is 0. The first-order chi connectivity index (χ1) is 8.03. The molecular weight excluding hydrogens is 245 g/mol. The Morgan fingerprint density at radius 2 is 1.76 bits per heavy atom. The van der Waals surface area contributed by atoms with Crippen LogP contribution in [0.3, 0.4) is 0 Å². The maximum absolute atomic E-state index is 11.1. The summed E-state index contributed by atoms with van der Waals surface area (Å²) in [5, 5.41) is 9.46. The molecule has 2 rings (SSSR count). The largest absolute Gasteiger partial charge is 0.555 e. The molecule has 0 aliphatic rings. The van der Waals surface area contributed by atoms with Crippen LogP contribution in [0.2, 0.25) is 0 Å². The highest BCUT2D eigenvalue weighted by Crippen LogP contribution is 2.45. The highest BCUT2D eigenvalue weighted by molar-refractivity contribution is 7.47. The van der Waals surface area contributed by atoms with Crippen molar-refractivity contribution >= 4 is 24.3 Å². The second-order valence-electron chi connectivity index (χ2n) is 3.34. The molecule has 6 nitrogen and oxygen atoms in total. The number of phosphoric acid groups is 1. The number of nitrogen functional groups attached to an aromatic ring is 1. The molecule has 0 aliphatic heterocycles. The van der Waals surface area contributed by atoms with Crippen LogP contribution >= 0.6 is 7.82 Å². The molecule has 0 saturated carbocycles. The van der Waals surface area contributed by atoms with E-state index >= 15 is 0 Å². The highest BCUT2D eigenvalue weighted by Gasteiger charge is 2.24. The first kappa shape index (κ1) is 11.9. The van der Waals surface area contributed by atoms with E-state index in [0.29, 0.717) is 16.5 Å². The second-order valence-corrected chi connectivity index (χ2v) is 4.62. The zero-order chi connectivity index (χ0) is 12.5. The van der Waals surface area contributed by atoms with Crippen molar-refractivity contribution in [2.24, 2.45) is 0 Å². The molecule has 0 spiro atoms. The van der Waals surface area contributed by atoms with Gasteiger partial charge in [0.25, 0.3) is 0 Å². The average Bonchev–Trinajstić information content (AvgIpc) is 2.33. The third-order valence-electron chi connectivity index (χ3n) is 2.23. The fourth-order valence-electron chi connectivity index (χ4n) is 1.52. The van der Waals surface area contributed by atoms with E-state index in [0.717, 1.165) is 0 Å². The van der Waals surface area contributed by atoms with Gasteiger partial charge in [-0.1, -0.05) is 24.3 Å². The Labute approximate surface area is 96.7 Å². The number of rotatable bonds is 3. The average molecular weight is 255 g/mol. The van der Waals surface area contributed by atoms with Crippen molar-refractivity contribution in [1.29, 1.82) is 0 Å². The van der Waals surface area contributed by atoms with Crippen molar-refractivity contribution in [3.8, 4) is 5.75 Å². The third-order valence-corrected chi connectivity index (χ3v) is 2.87. The number of nitrogens with two attached hydrogens (primary N) is 1. The molecule has 4 N–H and O–H groups in total. The van der Waals surface area contributed by atoms with Crippen molar-refractivity contribution in [2.75, 3.05) is 5.73 Å². The van der Waals surface area contributed by atoms with Crippen LogP contribution in [0.1, 0.15) is 0 Å². The van der Waals surface area contributed by atoms with E-state index in [9.17, 15) is 4.57 Å². The van der Waals surface area contributed by atoms with Gasteiger partial charge in [-0.15, -0.1) is 4.67 Å². The van der Waals surface area contributed by atoms with Crippen molar-refractivity contribution < 1.29 is 23.9 Å². The normalized spacial score (nSPS) is 14.5. The second kappa shape index (κ2) is 4.35.